The van der Waals surface area contributed by atoms with Crippen molar-refractivity contribution >= 4 is 5.91 Å². The van der Waals surface area contributed by atoms with Crippen LogP contribution in [0.2, 0.25) is 0 Å². The second kappa shape index (κ2) is 5.75. The molecule has 1 aliphatic heterocycles. The maximum absolute atomic E-state index is 11.2. The Kier molecular flexibility index (Phi) is 4.54. The monoisotopic (exact) mass is 182 g/mol. The van der Waals surface area contributed by atoms with E-state index < -0.39 is 0 Å². The van der Waals surface area contributed by atoms with Gasteiger partial charge in [0.15, 0.2) is 0 Å². The van der Waals surface area contributed by atoms with E-state index in [-0.39, 0.29) is 5.91 Å². The molecule has 0 aromatic carbocycles. The standard InChI is InChI=1S/C10H18N2O/c1-2-4-10(13)12-9-5-3-7-11-8-6-9/h2,9,11H,1,3-8H2,(H,12,13). The normalized spacial score (nSPS) is 23.2. The summed E-state index contributed by atoms with van der Waals surface area (Å²) in [6, 6.07) is 0.363. The molecule has 1 unspecified atom stereocenters. The Morgan fingerprint density at radius 3 is 3.15 bits per heavy atom. The number of hydrogen-bond acceptors (Lipinski definition) is 2. The van der Waals surface area contributed by atoms with Gasteiger partial charge in [-0.3, -0.25) is 4.79 Å². The molecule has 0 spiro atoms. The van der Waals surface area contributed by atoms with E-state index in [1.165, 1.54) is 0 Å². The third kappa shape index (κ3) is 4.08. The van der Waals surface area contributed by atoms with Crippen molar-refractivity contribution in [2.24, 2.45) is 0 Å². The largest absolute Gasteiger partial charge is 0.353 e. The Labute approximate surface area is 79.6 Å². The fraction of sp³-hybridized carbons (Fsp3) is 0.700. The molecule has 0 aromatic heterocycles. The first kappa shape index (κ1) is 10.3. The van der Waals surface area contributed by atoms with E-state index in [0.717, 1.165) is 32.4 Å². The molecule has 2 N–H and O–H groups in total. The van der Waals surface area contributed by atoms with Crippen molar-refractivity contribution in [2.75, 3.05) is 13.1 Å². The van der Waals surface area contributed by atoms with Crippen LogP contribution in [-0.4, -0.2) is 25.0 Å². The lowest BCUT2D eigenvalue weighted by molar-refractivity contribution is -0.121. The van der Waals surface area contributed by atoms with Gasteiger partial charge in [0.05, 0.1) is 0 Å². The van der Waals surface area contributed by atoms with Gasteiger partial charge in [-0.05, 0) is 32.4 Å². The fourth-order valence-electron chi connectivity index (χ4n) is 1.58. The average Bonchev–Trinajstić information content (AvgIpc) is 2.33. The highest BCUT2D eigenvalue weighted by Gasteiger charge is 2.12. The molecule has 1 rings (SSSR count). The summed E-state index contributed by atoms with van der Waals surface area (Å²) in [5, 5.41) is 6.32. The summed E-state index contributed by atoms with van der Waals surface area (Å²) in [5.74, 6) is 0.0990. The molecule has 0 saturated carbocycles. The van der Waals surface area contributed by atoms with E-state index in [1.807, 2.05) is 0 Å². The Morgan fingerprint density at radius 2 is 2.38 bits per heavy atom. The lowest BCUT2D eigenvalue weighted by atomic mass is 10.1. The molecule has 1 heterocycles. The van der Waals surface area contributed by atoms with Crippen LogP contribution in [0.5, 0.6) is 0 Å². The molecule has 13 heavy (non-hydrogen) atoms. The highest BCUT2D eigenvalue weighted by Crippen LogP contribution is 2.04. The molecule has 1 fully saturated rings. The topological polar surface area (TPSA) is 41.1 Å². The summed E-state index contributed by atoms with van der Waals surface area (Å²) in [5.41, 5.74) is 0. The number of hydrogen-bond donors (Lipinski definition) is 2. The average molecular weight is 182 g/mol. The summed E-state index contributed by atoms with van der Waals surface area (Å²) in [7, 11) is 0. The smallest absolute Gasteiger partial charge is 0.224 e. The molecule has 1 atom stereocenters. The second-order valence-corrected chi connectivity index (χ2v) is 3.44. The summed E-state index contributed by atoms with van der Waals surface area (Å²) in [4.78, 5) is 11.2. The van der Waals surface area contributed by atoms with E-state index in [9.17, 15) is 4.79 Å². The molecule has 3 heteroatoms. The SMILES string of the molecule is C=CCC(=O)NC1CCCNCC1. The highest BCUT2D eigenvalue weighted by molar-refractivity contribution is 5.77. The molecule has 1 saturated heterocycles. The van der Waals surface area contributed by atoms with E-state index in [0.29, 0.717) is 12.5 Å². The van der Waals surface area contributed by atoms with Crippen LogP contribution in [0, 0.1) is 0 Å². The molecule has 3 nitrogen and oxygen atoms in total. The third-order valence-corrected chi connectivity index (χ3v) is 2.27. The van der Waals surface area contributed by atoms with Gasteiger partial charge in [0.1, 0.15) is 0 Å². The minimum Gasteiger partial charge on any atom is -0.353 e. The summed E-state index contributed by atoms with van der Waals surface area (Å²) in [6.07, 6.45) is 5.37. The van der Waals surface area contributed by atoms with Crippen LogP contribution in [0.3, 0.4) is 0 Å². The fourth-order valence-corrected chi connectivity index (χ4v) is 1.58. The van der Waals surface area contributed by atoms with E-state index in [1.54, 1.807) is 6.08 Å². The van der Waals surface area contributed by atoms with Gasteiger partial charge in [-0.25, -0.2) is 0 Å². The zero-order valence-corrected chi connectivity index (χ0v) is 8.01. The lowest BCUT2D eigenvalue weighted by Gasteiger charge is -2.14. The van der Waals surface area contributed by atoms with Crippen LogP contribution >= 0.6 is 0 Å². The number of amides is 1. The maximum atomic E-state index is 11.2. The van der Waals surface area contributed by atoms with Crippen LogP contribution in [0.4, 0.5) is 0 Å². The van der Waals surface area contributed by atoms with E-state index in [4.69, 9.17) is 0 Å². The van der Waals surface area contributed by atoms with Crippen molar-refractivity contribution in [2.45, 2.75) is 31.7 Å². The third-order valence-electron chi connectivity index (χ3n) is 2.27. The van der Waals surface area contributed by atoms with Crippen LogP contribution in [0.1, 0.15) is 25.7 Å². The van der Waals surface area contributed by atoms with Crippen LogP contribution in [-0.2, 0) is 4.79 Å². The second-order valence-electron chi connectivity index (χ2n) is 3.44. The Morgan fingerprint density at radius 1 is 1.54 bits per heavy atom. The minimum atomic E-state index is 0.0990. The van der Waals surface area contributed by atoms with Crippen LogP contribution in [0.25, 0.3) is 0 Å². The van der Waals surface area contributed by atoms with E-state index in [2.05, 4.69) is 17.2 Å². The highest BCUT2D eigenvalue weighted by atomic mass is 16.1. The van der Waals surface area contributed by atoms with Gasteiger partial charge in [0, 0.05) is 12.5 Å². The minimum absolute atomic E-state index is 0.0990. The zero-order valence-electron chi connectivity index (χ0n) is 8.01. The van der Waals surface area contributed by atoms with Gasteiger partial charge in [-0.2, -0.15) is 0 Å². The Bertz CT molecular complexity index is 172. The lowest BCUT2D eigenvalue weighted by Crippen LogP contribution is -2.34. The molecule has 74 valence electrons. The van der Waals surface area contributed by atoms with Crippen molar-refractivity contribution < 1.29 is 4.79 Å². The summed E-state index contributed by atoms with van der Waals surface area (Å²) >= 11 is 0. The van der Waals surface area contributed by atoms with Crippen molar-refractivity contribution in [3.8, 4) is 0 Å². The molecule has 1 aliphatic rings. The first-order valence-electron chi connectivity index (χ1n) is 4.94. The molecule has 0 bridgehead atoms. The molecule has 0 aromatic rings. The Balaban J connectivity index is 2.25. The first-order chi connectivity index (χ1) is 6.33. The number of nitrogens with one attached hydrogen (secondary N) is 2. The zero-order chi connectivity index (χ0) is 9.52. The number of carbonyl (C=O) groups is 1. The molecular formula is C10H18N2O. The molecule has 0 radical (unpaired) electrons. The van der Waals surface area contributed by atoms with Gasteiger partial charge < -0.3 is 10.6 Å². The maximum Gasteiger partial charge on any atom is 0.224 e. The van der Waals surface area contributed by atoms with Gasteiger partial charge in [-0.15, -0.1) is 6.58 Å². The van der Waals surface area contributed by atoms with Crippen molar-refractivity contribution in [3.63, 3.8) is 0 Å². The first-order valence-corrected chi connectivity index (χ1v) is 4.94. The predicted molar refractivity (Wildman–Crippen MR) is 53.5 cm³/mol. The van der Waals surface area contributed by atoms with Crippen molar-refractivity contribution in [3.05, 3.63) is 12.7 Å². The number of carbonyl (C=O) groups excluding carboxylic acids is 1. The predicted octanol–water partition coefficient (Wildman–Crippen LogP) is 0.821. The molecule has 1 amide bonds. The van der Waals surface area contributed by atoms with Gasteiger partial charge in [0.2, 0.25) is 5.91 Å². The van der Waals surface area contributed by atoms with Crippen LogP contribution in [0.15, 0.2) is 12.7 Å². The number of rotatable bonds is 3. The van der Waals surface area contributed by atoms with E-state index >= 15 is 0 Å². The summed E-state index contributed by atoms with van der Waals surface area (Å²) in [6.45, 7) is 5.63. The van der Waals surface area contributed by atoms with Crippen molar-refractivity contribution in [1.29, 1.82) is 0 Å². The van der Waals surface area contributed by atoms with Gasteiger partial charge in [-0.1, -0.05) is 6.08 Å². The van der Waals surface area contributed by atoms with Crippen molar-refractivity contribution in [1.82, 2.24) is 10.6 Å². The molecule has 0 aliphatic carbocycles. The summed E-state index contributed by atoms with van der Waals surface area (Å²) < 4.78 is 0. The quantitative estimate of drug-likeness (QED) is 0.634. The van der Waals surface area contributed by atoms with Gasteiger partial charge in [0.25, 0.3) is 0 Å². The Hall–Kier alpha value is -0.830. The molecular weight excluding hydrogens is 164 g/mol. The van der Waals surface area contributed by atoms with Gasteiger partial charge >= 0.3 is 0 Å². The van der Waals surface area contributed by atoms with Crippen LogP contribution < -0.4 is 10.6 Å².